The number of aryl methyl sites for hydroxylation is 1. The van der Waals surface area contributed by atoms with Gasteiger partial charge in [-0.2, -0.15) is 9.40 Å². The molecular weight excluding hydrogens is 376 g/mol. The minimum Gasteiger partial charge on any atom is -0.337 e. The smallest absolute Gasteiger partial charge is 0.246 e. The van der Waals surface area contributed by atoms with Gasteiger partial charge in [0.1, 0.15) is 4.90 Å². The second-order valence-electron chi connectivity index (χ2n) is 5.94. The molecule has 1 fully saturated rings. The van der Waals surface area contributed by atoms with Crippen LogP contribution in [-0.4, -0.2) is 59.5 Å². The summed E-state index contributed by atoms with van der Waals surface area (Å²) in [6.45, 7) is 1.14. The molecule has 2 heterocycles. The average Bonchev–Trinajstić information content (AvgIpc) is 3.05. The van der Waals surface area contributed by atoms with Gasteiger partial charge in [0.2, 0.25) is 15.9 Å². The summed E-state index contributed by atoms with van der Waals surface area (Å²) < 4.78 is 28.4. The molecule has 1 aliphatic rings. The number of sulfonamides is 1. The van der Waals surface area contributed by atoms with Gasteiger partial charge in [-0.05, 0) is 18.2 Å². The number of hydrogen-bond donors (Lipinski definition) is 0. The van der Waals surface area contributed by atoms with Crippen LogP contribution in [0.5, 0.6) is 0 Å². The predicted octanol–water partition coefficient (Wildman–Crippen LogP) is 1.62. The van der Waals surface area contributed by atoms with Crippen molar-refractivity contribution in [2.45, 2.75) is 4.90 Å². The quantitative estimate of drug-likeness (QED) is 0.738. The van der Waals surface area contributed by atoms with Crippen molar-refractivity contribution in [3.05, 3.63) is 53.3 Å². The van der Waals surface area contributed by atoms with E-state index in [9.17, 15) is 13.2 Å². The number of aromatic nitrogens is 2. The number of halogens is 1. The Morgan fingerprint density at radius 2 is 1.88 bits per heavy atom. The molecule has 1 aromatic heterocycles. The van der Waals surface area contributed by atoms with Crippen molar-refractivity contribution >= 4 is 33.6 Å². The summed E-state index contributed by atoms with van der Waals surface area (Å²) in [5.41, 5.74) is 0.834. The van der Waals surface area contributed by atoms with E-state index in [1.807, 2.05) is 0 Å². The minimum absolute atomic E-state index is 0.0953. The Bertz CT molecular complexity index is 931. The summed E-state index contributed by atoms with van der Waals surface area (Å²) in [5, 5.41) is 4.24. The molecule has 0 N–H and O–H groups in total. The molecule has 1 amide bonds. The van der Waals surface area contributed by atoms with Crippen LogP contribution in [0.3, 0.4) is 0 Å². The molecule has 0 unspecified atom stereocenters. The number of amides is 1. The van der Waals surface area contributed by atoms with E-state index in [-0.39, 0.29) is 28.9 Å². The van der Waals surface area contributed by atoms with Crippen LogP contribution in [0.1, 0.15) is 5.56 Å². The second kappa shape index (κ2) is 7.61. The number of piperazine rings is 1. The van der Waals surface area contributed by atoms with E-state index >= 15 is 0 Å². The lowest BCUT2D eigenvalue weighted by Crippen LogP contribution is -2.50. The van der Waals surface area contributed by atoms with Crippen LogP contribution >= 0.6 is 11.6 Å². The standard InChI is InChI=1S/C17H19ClN4O3S/c1-20-13-14(12-19-20)6-7-17(23)21-8-10-22(11-9-21)26(24,25)16-5-3-2-4-15(16)18/h2-7,12-13H,8-11H2,1H3/b7-6+. The first-order valence-corrected chi connectivity index (χ1v) is 9.90. The van der Waals surface area contributed by atoms with Gasteiger partial charge in [-0.15, -0.1) is 0 Å². The molecule has 138 valence electrons. The Labute approximate surface area is 157 Å². The van der Waals surface area contributed by atoms with E-state index in [0.717, 1.165) is 5.56 Å². The molecule has 0 bridgehead atoms. The Balaban J connectivity index is 1.63. The first-order valence-electron chi connectivity index (χ1n) is 8.08. The highest BCUT2D eigenvalue weighted by atomic mass is 35.5. The van der Waals surface area contributed by atoms with E-state index in [0.29, 0.717) is 13.1 Å². The van der Waals surface area contributed by atoms with Crippen LogP contribution in [0, 0.1) is 0 Å². The molecule has 1 aliphatic heterocycles. The molecule has 2 aromatic rings. The Hall–Kier alpha value is -2.16. The molecule has 0 aliphatic carbocycles. The van der Waals surface area contributed by atoms with E-state index in [2.05, 4.69) is 5.10 Å². The maximum atomic E-state index is 12.7. The highest BCUT2D eigenvalue weighted by molar-refractivity contribution is 7.89. The Kier molecular flexibility index (Phi) is 5.45. The first-order chi connectivity index (χ1) is 12.4. The normalized spacial score (nSPS) is 16.3. The average molecular weight is 395 g/mol. The summed E-state index contributed by atoms with van der Waals surface area (Å²) in [6, 6.07) is 6.37. The van der Waals surface area contributed by atoms with E-state index < -0.39 is 10.0 Å². The second-order valence-corrected chi connectivity index (χ2v) is 8.25. The molecule has 9 heteroatoms. The molecule has 1 aromatic carbocycles. The zero-order valence-corrected chi connectivity index (χ0v) is 15.8. The lowest BCUT2D eigenvalue weighted by Gasteiger charge is -2.33. The topological polar surface area (TPSA) is 75.5 Å². The molecule has 3 rings (SSSR count). The molecule has 0 atom stereocenters. The fourth-order valence-electron chi connectivity index (χ4n) is 2.74. The third-order valence-electron chi connectivity index (χ3n) is 4.15. The third kappa shape index (κ3) is 3.98. The van der Waals surface area contributed by atoms with Gasteiger partial charge in [0, 0.05) is 51.1 Å². The van der Waals surface area contributed by atoms with Crippen LogP contribution in [-0.2, 0) is 21.9 Å². The van der Waals surface area contributed by atoms with Gasteiger partial charge >= 0.3 is 0 Å². The monoisotopic (exact) mass is 394 g/mol. The van der Waals surface area contributed by atoms with Crippen LogP contribution < -0.4 is 0 Å². The van der Waals surface area contributed by atoms with Crippen LogP contribution in [0.15, 0.2) is 47.6 Å². The van der Waals surface area contributed by atoms with Crippen molar-refractivity contribution in [1.29, 1.82) is 0 Å². The molecule has 26 heavy (non-hydrogen) atoms. The van der Waals surface area contributed by atoms with Gasteiger partial charge in [-0.1, -0.05) is 23.7 Å². The van der Waals surface area contributed by atoms with Crippen LogP contribution in [0.25, 0.3) is 6.08 Å². The number of carbonyl (C=O) groups is 1. The molecule has 0 radical (unpaired) electrons. The van der Waals surface area contributed by atoms with E-state index in [1.54, 1.807) is 53.3 Å². The van der Waals surface area contributed by atoms with E-state index in [4.69, 9.17) is 11.6 Å². The van der Waals surface area contributed by atoms with Gasteiger partial charge in [-0.3, -0.25) is 9.48 Å². The van der Waals surface area contributed by atoms with Gasteiger partial charge in [0.25, 0.3) is 0 Å². The fourth-order valence-corrected chi connectivity index (χ4v) is 4.66. The van der Waals surface area contributed by atoms with Gasteiger partial charge < -0.3 is 4.90 Å². The number of benzene rings is 1. The van der Waals surface area contributed by atoms with Crippen molar-refractivity contribution in [1.82, 2.24) is 19.0 Å². The van der Waals surface area contributed by atoms with Gasteiger partial charge in [0.05, 0.1) is 11.2 Å². The lowest BCUT2D eigenvalue weighted by molar-refractivity contribution is -0.127. The largest absolute Gasteiger partial charge is 0.337 e. The maximum absolute atomic E-state index is 12.7. The van der Waals surface area contributed by atoms with E-state index in [1.165, 1.54) is 16.4 Å². The van der Waals surface area contributed by atoms with Gasteiger partial charge in [0.15, 0.2) is 0 Å². The minimum atomic E-state index is -3.66. The fraction of sp³-hybridized carbons (Fsp3) is 0.294. The number of hydrogen-bond acceptors (Lipinski definition) is 4. The third-order valence-corrected chi connectivity index (χ3v) is 6.55. The summed E-state index contributed by atoms with van der Waals surface area (Å²) in [7, 11) is -1.86. The summed E-state index contributed by atoms with van der Waals surface area (Å²) in [4.78, 5) is 14.0. The van der Waals surface area contributed by atoms with Crippen LogP contribution in [0.4, 0.5) is 0 Å². The highest BCUT2D eigenvalue weighted by Crippen LogP contribution is 2.25. The SMILES string of the molecule is Cn1cc(/C=C/C(=O)N2CCN(S(=O)(=O)c3ccccc3Cl)CC2)cn1. The zero-order chi connectivity index (χ0) is 18.7. The molecule has 7 nitrogen and oxygen atoms in total. The molecule has 0 saturated carbocycles. The molecule has 1 saturated heterocycles. The van der Waals surface area contributed by atoms with Crippen molar-refractivity contribution in [2.75, 3.05) is 26.2 Å². The number of nitrogens with zero attached hydrogens (tertiary/aromatic N) is 4. The predicted molar refractivity (Wildman–Crippen MR) is 99.0 cm³/mol. The lowest BCUT2D eigenvalue weighted by atomic mass is 10.3. The van der Waals surface area contributed by atoms with Crippen molar-refractivity contribution in [3.8, 4) is 0 Å². The Morgan fingerprint density at radius 1 is 1.19 bits per heavy atom. The van der Waals surface area contributed by atoms with Crippen molar-refractivity contribution in [3.63, 3.8) is 0 Å². The number of rotatable bonds is 4. The summed E-state index contributed by atoms with van der Waals surface area (Å²) in [5.74, 6) is -0.149. The van der Waals surface area contributed by atoms with Gasteiger partial charge in [-0.25, -0.2) is 8.42 Å². The summed E-state index contributed by atoms with van der Waals surface area (Å²) >= 11 is 6.02. The highest BCUT2D eigenvalue weighted by Gasteiger charge is 2.30. The molecular formula is C17H19ClN4O3S. The Morgan fingerprint density at radius 3 is 2.50 bits per heavy atom. The maximum Gasteiger partial charge on any atom is 0.246 e. The first kappa shape index (κ1) is 18.6. The van der Waals surface area contributed by atoms with Crippen LogP contribution in [0.2, 0.25) is 5.02 Å². The summed E-state index contributed by atoms with van der Waals surface area (Å²) in [6.07, 6.45) is 6.65. The number of carbonyl (C=O) groups excluding carboxylic acids is 1. The van der Waals surface area contributed by atoms with Crippen molar-refractivity contribution in [2.24, 2.45) is 7.05 Å². The molecule has 0 spiro atoms. The van der Waals surface area contributed by atoms with Crippen molar-refractivity contribution < 1.29 is 13.2 Å². The zero-order valence-electron chi connectivity index (χ0n) is 14.2.